The summed E-state index contributed by atoms with van der Waals surface area (Å²) in [6.07, 6.45) is 5.11. The standard InChI is InChI=1S/C19H22FN3O2/c1-25-18(15-4-6-16(20)7-5-15)13-22-19(24)23-12-2-3-17(23)14-8-10-21-11-9-14/h4-11,17-18H,2-3,12-13H2,1H3,(H,22,24)/t17-,18-/m1/s1. The first-order valence-corrected chi connectivity index (χ1v) is 8.41. The average molecular weight is 343 g/mol. The van der Waals surface area contributed by atoms with Gasteiger partial charge in [-0.25, -0.2) is 9.18 Å². The van der Waals surface area contributed by atoms with Crippen LogP contribution in [0.25, 0.3) is 0 Å². The summed E-state index contributed by atoms with van der Waals surface area (Å²) in [6, 6.07) is 10.0. The number of halogens is 1. The van der Waals surface area contributed by atoms with Gasteiger partial charge in [-0.15, -0.1) is 0 Å². The first-order valence-electron chi connectivity index (χ1n) is 8.41. The lowest BCUT2D eigenvalue weighted by Crippen LogP contribution is -2.41. The average Bonchev–Trinajstić information content (AvgIpc) is 3.14. The van der Waals surface area contributed by atoms with Crippen LogP contribution in [0.3, 0.4) is 0 Å². The van der Waals surface area contributed by atoms with Gasteiger partial charge in [0.1, 0.15) is 5.82 Å². The number of urea groups is 1. The van der Waals surface area contributed by atoms with E-state index in [0.717, 1.165) is 30.5 Å². The van der Waals surface area contributed by atoms with Crippen LogP contribution in [0, 0.1) is 5.82 Å². The molecule has 0 bridgehead atoms. The van der Waals surface area contributed by atoms with Crippen molar-refractivity contribution in [2.75, 3.05) is 20.2 Å². The number of likely N-dealkylation sites (tertiary alicyclic amines) is 1. The van der Waals surface area contributed by atoms with Crippen LogP contribution in [-0.2, 0) is 4.74 Å². The van der Waals surface area contributed by atoms with E-state index in [1.807, 2.05) is 17.0 Å². The quantitative estimate of drug-likeness (QED) is 0.905. The lowest BCUT2D eigenvalue weighted by molar-refractivity contribution is 0.101. The van der Waals surface area contributed by atoms with Crippen LogP contribution in [0.15, 0.2) is 48.8 Å². The Morgan fingerprint density at radius 1 is 1.32 bits per heavy atom. The predicted octanol–water partition coefficient (Wildman–Crippen LogP) is 3.45. The maximum Gasteiger partial charge on any atom is 0.318 e. The Balaban J connectivity index is 1.62. The first kappa shape index (κ1) is 17.4. The molecular weight excluding hydrogens is 321 g/mol. The van der Waals surface area contributed by atoms with E-state index in [1.165, 1.54) is 12.1 Å². The molecule has 2 heterocycles. The number of nitrogens with zero attached hydrogens (tertiary/aromatic N) is 2. The van der Waals surface area contributed by atoms with Crippen molar-refractivity contribution >= 4 is 6.03 Å². The molecule has 0 unspecified atom stereocenters. The SMILES string of the molecule is CO[C@H](CNC(=O)N1CCC[C@@H]1c1ccncc1)c1ccc(F)cc1. The van der Waals surface area contributed by atoms with E-state index in [0.29, 0.717) is 6.54 Å². The Bertz CT molecular complexity index is 694. The molecule has 0 saturated carbocycles. The van der Waals surface area contributed by atoms with Gasteiger partial charge < -0.3 is 15.0 Å². The van der Waals surface area contributed by atoms with Crippen molar-refractivity contribution in [3.05, 3.63) is 65.7 Å². The number of benzene rings is 1. The zero-order chi connectivity index (χ0) is 17.6. The van der Waals surface area contributed by atoms with Gasteiger partial charge in [-0.05, 0) is 48.2 Å². The topological polar surface area (TPSA) is 54.5 Å². The molecule has 132 valence electrons. The van der Waals surface area contributed by atoms with Crippen molar-refractivity contribution in [3.8, 4) is 0 Å². The summed E-state index contributed by atoms with van der Waals surface area (Å²) in [5.41, 5.74) is 1.93. The second-order valence-electron chi connectivity index (χ2n) is 6.09. The number of nitrogens with one attached hydrogen (secondary N) is 1. The largest absolute Gasteiger partial charge is 0.375 e. The number of pyridine rings is 1. The number of carbonyl (C=O) groups is 1. The van der Waals surface area contributed by atoms with Crippen LogP contribution >= 0.6 is 0 Å². The van der Waals surface area contributed by atoms with E-state index in [4.69, 9.17) is 4.74 Å². The fraction of sp³-hybridized carbons (Fsp3) is 0.368. The normalized spacial score (nSPS) is 18.2. The van der Waals surface area contributed by atoms with Crippen molar-refractivity contribution in [3.63, 3.8) is 0 Å². The summed E-state index contributed by atoms with van der Waals surface area (Å²) in [7, 11) is 1.58. The summed E-state index contributed by atoms with van der Waals surface area (Å²) in [6.45, 7) is 1.06. The molecule has 6 heteroatoms. The number of aromatic nitrogens is 1. The van der Waals surface area contributed by atoms with Crippen molar-refractivity contribution in [1.82, 2.24) is 15.2 Å². The Kier molecular flexibility index (Phi) is 5.60. The number of ether oxygens (including phenoxy) is 1. The predicted molar refractivity (Wildman–Crippen MR) is 92.5 cm³/mol. The molecule has 3 rings (SSSR count). The lowest BCUT2D eigenvalue weighted by atomic mass is 10.1. The summed E-state index contributed by atoms with van der Waals surface area (Å²) < 4.78 is 18.5. The van der Waals surface area contributed by atoms with Gasteiger partial charge in [0, 0.05) is 32.6 Å². The molecule has 1 fully saturated rings. The fourth-order valence-corrected chi connectivity index (χ4v) is 3.24. The molecule has 1 aromatic carbocycles. The zero-order valence-corrected chi connectivity index (χ0v) is 14.2. The molecule has 2 aromatic rings. The molecule has 2 amide bonds. The number of methoxy groups -OCH3 is 1. The summed E-state index contributed by atoms with van der Waals surface area (Å²) >= 11 is 0. The van der Waals surface area contributed by atoms with Gasteiger partial charge in [0.2, 0.25) is 0 Å². The number of rotatable bonds is 5. The number of hydrogen-bond acceptors (Lipinski definition) is 3. The highest BCUT2D eigenvalue weighted by Gasteiger charge is 2.30. The van der Waals surface area contributed by atoms with Gasteiger partial charge >= 0.3 is 6.03 Å². The van der Waals surface area contributed by atoms with Crippen LogP contribution in [-0.4, -0.2) is 36.1 Å². The third-order valence-electron chi connectivity index (χ3n) is 4.57. The highest BCUT2D eigenvalue weighted by atomic mass is 19.1. The molecule has 0 aliphatic carbocycles. The Morgan fingerprint density at radius 3 is 2.72 bits per heavy atom. The molecule has 2 atom stereocenters. The Labute approximate surface area is 146 Å². The second-order valence-corrected chi connectivity index (χ2v) is 6.09. The molecule has 1 aliphatic heterocycles. The maximum atomic E-state index is 13.1. The van der Waals surface area contributed by atoms with Crippen LogP contribution in [0.2, 0.25) is 0 Å². The molecule has 1 aliphatic rings. The van der Waals surface area contributed by atoms with Gasteiger partial charge in [0.15, 0.2) is 0 Å². The van der Waals surface area contributed by atoms with Gasteiger partial charge in [-0.3, -0.25) is 4.98 Å². The van der Waals surface area contributed by atoms with Crippen molar-refractivity contribution in [2.45, 2.75) is 25.0 Å². The zero-order valence-electron chi connectivity index (χ0n) is 14.2. The Morgan fingerprint density at radius 2 is 2.04 bits per heavy atom. The van der Waals surface area contributed by atoms with E-state index < -0.39 is 0 Å². The molecular formula is C19H22FN3O2. The minimum atomic E-state index is -0.313. The molecule has 5 nitrogen and oxygen atoms in total. The molecule has 0 spiro atoms. The minimum Gasteiger partial charge on any atom is -0.375 e. The van der Waals surface area contributed by atoms with Gasteiger partial charge in [0.25, 0.3) is 0 Å². The molecule has 25 heavy (non-hydrogen) atoms. The van der Waals surface area contributed by atoms with Crippen molar-refractivity contribution < 1.29 is 13.9 Å². The van der Waals surface area contributed by atoms with E-state index in [-0.39, 0.29) is 24.0 Å². The molecule has 1 aromatic heterocycles. The summed E-state index contributed by atoms with van der Waals surface area (Å²) in [5.74, 6) is -0.292. The van der Waals surface area contributed by atoms with Crippen LogP contribution in [0.1, 0.15) is 36.1 Å². The fourth-order valence-electron chi connectivity index (χ4n) is 3.24. The van der Waals surface area contributed by atoms with Crippen LogP contribution in [0.5, 0.6) is 0 Å². The highest BCUT2D eigenvalue weighted by Crippen LogP contribution is 2.31. The summed E-state index contributed by atoms with van der Waals surface area (Å²) in [5, 5.41) is 2.94. The van der Waals surface area contributed by atoms with E-state index >= 15 is 0 Å². The smallest absolute Gasteiger partial charge is 0.318 e. The van der Waals surface area contributed by atoms with E-state index in [1.54, 1.807) is 31.6 Å². The van der Waals surface area contributed by atoms with E-state index in [2.05, 4.69) is 10.3 Å². The Hall–Kier alpha value is -2.47. The molecule has 1 saturated heterocycles. The van der Waals surface area contributed by atoms with Gasteiger partial charge in [-0.2, -0.15) is 0 Å². The third-order valence-corrected chi connectivity index (χ3v) is 4.57. The summed E-state index contributed by atoms with van der Waals surface area (Å²) in [4.78, 5) is 18.5. The molecule has 0 radical (unpaired) electrons. The minimum absolute atomic E-state index is 0.0785. The third kappa shape index (κ3) is 4.14. The highest BCUT2D eigenvalue weighted by molar-refractivity contribution is 5.75. The number of hydrogen-bond donors (Lipinski definition) is 1. The van der Waals surface area contributed by atoms with Gasteiger partial charge in [-0.1, -0.05) is 12.1 Å². The van der Waals surface area contributed by atoms with Crippen LogP contribution in [0.4, 0.5) is 9.18 Å². The number of carbonyl (C=O) groups excluding carboxylic acids is 1. The van der Waals surface area contributed by atoms with E-state index in [9.17, 15) is 9.18 Å². The van der Waals surface area contributed by atoms with Crippen LogP contribution < -0.4 is 5.32 Å². The lowest BCUT2D eigenvalue weighted by Gasteiger charge is -2.26. The monoisotopic (exact) mass is 343 g/mol. The molecule has 1 N–H and O–H groups in total. The maximum absolute atomic E-state index is 13.1. The first-order chi connectivity index (χ1) is 12.2. The van der Waals surface area contributed by atoms with Crippen molar-refractivity contribution in [1.29, 1.82) is 0 Å². The van der Waals surface area contributed by atoms with Crippen molar-refractivity contribution in [2.24, 2.45) is 0 Å². The second kappa shape index (κ2) is 8.07. The van der Waals surface area contributed by atoms with Gasteiger partial charge in [0.05, 0.1) is 12.1 Å². The number of amides is 2.